The molecule has 1 aliphatic rings. The summed E-state index contributed by atoms with van der Waals surface area (Å²) in [5.41, 5.74) is 6.33. The standard InChI is InChI=1S/C17H24N2OS/c1-14-12-19(13-15(2)21-14)10-11-20-17-7-5-16(6-8-17)4-3-9-18/h5-8,14-15H,9-13,18H2,1-2H3. The molecule has 0 aromatic heterocycles. The third-order valence-corrected chi connectivity index (χ3v) is 4.59. The molecule has 1 aromatic rings. The minimum atomic E-state index is 0.392. The third-order valence-electron chi connectivity index (χ3n) is 3.36. The van der Waals surface area contributed by atoms with Crippen LogP contribution >= 0.6 is 11.8 Å². The Morgan fingerprint density at radius 3 is 2.52 bits per heavy atom. The molecule has 0 amide bonds. The van der Waals surface area contributed by atoms with E-state index >= 15 is 0 Å². The van der Waals surface area contributed by atoms with E-state index in [1.54, 1.807) is 0 Å². The lowest BCUT2D eigenvalue weighted by Crippen LogP contribution is -2.42. The van der Waals surface area contributed by atoms with Crippen molar-refractivity contribution < 1.29 is 4.74 Å². The summed E-state index contributed by atoms with van der Waals surface area (Å²) in [7, 11) is 0. The zero-order valence-corrected chi connectivity index (χ0v) is 13.7. The highest BCUT2D eigenvalue weighted by Gasteiger charge is 2.21. The molecule has 0 radical (unpaired) electrons. The molecule has 1 fully saturated rings. The molecule has 2 atom stereocenters. The van der Waals surface area contributed by atoms with E-state index in [1.807, 2.05) is 24.3 Å². The highest BCUT2D eigenvalue weighted by molar-refractivity contribution is 8.00. The summed E-state index contributed by atoms with van der Waals surface area (Å²) >= 11 is 2.08. The van der Waals surface area contributed by atoms with Gasteiger partial charge in [0.15, 0.2) is 0 Å². The van der Waals surface area contributed by atoms with E-state index in [9.17, 15) is 0 Å². The van der Waals surface area contributed by atoms with Crippen LogP contribution in [0, 0.1) is 11.8 Å². The fourth-order valence-electron chi connectivity index (χ4n) is 2.55. The Morgan fingerprint density at radius 1 is 1.24 bits per heavy atom. The number of nitrogens with zero attached hydrogens (tertiary/aromatic N) is 1. The van der Waals surface area contributed by atoms with Gasteiger partial charge >= 0.3 is 0 Å². The molecule has 1 aromatic carbocycles. The van der Waals surface area contributed by atoms with E-state index in [0.717, 1.165) is 37.6 Å². The lowest BCUT2D eigenvalue weighted by molar-refractivity contribution is 0.207. The maximum atomic E-state index is 5.82. The largest absolute Gasteiger partial charge is 0.492 e. The van der Waals surface area contributed by atoms with Crippen molar-refractivity contribution in [3.05, 3.63) is 29.8 Å². The van der Waals surface area contributed by atoms with Gasteiger partial charge in [-0.3, -0.25) is 4.90 Å². The van der Waals surface area contributed by atoms with Crippen LogP contribution in [0.5, 0.6) is 5.75 Å². The lowest BCUT2D eigenvalue weighted by atomic mass is 10.2. The van der Waals surface area contributed by atoms with E-state index in [-0.39, 0.29) is 0 Å². The van der Waals surface area contributed by atoms with Gasteiger partial charge in [-0.1, -0.05) is 25.7 Å². The van der Waals surface area contributed by atoms with E-state index in [4.69, 9.17) is 10.5 Å². The van der Waals surface area contributed by atoms with Crippen LogP contribution in [0.25, 0.3) is 0 Å². The first kappa shape index (κ1) is 16.2. The van der Waals surface area contributed by atoms with Gasteiger partial charge in [-0.05, 0) is 24.3 Å². The van der Waals surface area contributed by atoms with Gasteiger partial charge in [0.1, 0.15) is 12.4 Å². The number of hydrogen-bond acceptors (Lipinski definition) is 4. The van der Waals surface area contributed by atoms with Gasteiger partial charge in [0.05, 0.1) is 6.54 Å². The number of thioether (sulfide) groups is 1. The third kappa shape index (κ3) is 5.62. The second kappa shape index (κ2) is 8.33. The van der Waals surface area contributed by atoms with Gasteiger partial charge in [0.2, 0.25) is 0 Å². The number of ether oxygens (including phenoxy) is 1. The fourth-order valence-corrected chi connectivity index (χ4v) is 3.93. The molecule has 0 bridgehead atoms. The van der Waals surface area contributed by atoms with Crippen LogP contribution in [0.15, 0.2) is 24.3 Å². The minimum Gasteiger partial charge on any atom is -0.492 e. The summed E-state index contributed by atoms with van der Waals surface area (Å²) in [5.74, 6) is 6.76. The van der Waals surface area contributed by atoms with Crippen LogP contribution in [0.1, 0.15) is 19.4 Å². The van der Waals surface area contributed by atoms with Gasteiger partial charge in [-0.2, -0.15) is 11.8 Å². The van der Waals surface area contributed by atoms with Crippen LogP contribution in [-0.2, 0) is 0 Å². The van der Waals surface area contributed by atoms with Crippen LogP contribution < -0.4 is 10.5 Å². The van der Waals surface area contributed by atoms with Crippen molar-refractivity contribution in [2.45, 2.75) is 24.3 Å². The van der Waals surface area contributed by atoms with Crippen molar-refractivity contribution in [3.8, 4) is 17.6 Å². The molecule has 114 valence electrons. The van der Waals surface area contributed by atoms with E-state index < -0.39 is 0 Å². The Kier molecular flexibility index (Phi) is 6.44. The molecule has 4 heteroatoms. The van der Waals surface area contributed by atoms with Crippen LogP contribution in [0.2, 0.25) is 0 Å². The van der Waals surface area contributed by atoms with Crippen LogP contribution in [-0.4, -0.2) is 48.2 Å². The van der Waals surface area contributed by atoms with Gasteiger partial charge in [0.25, 0.3) is 0 Å². The highest BCUT2D eigenvalue weighted by atomic mass is 32.2. The summed E-state index contributed by atoms with van der Waals surface area (Å²) in [5, 5.41) is 1.43. The molecule has 1 saturated heterocycles. The van der Waals surface area contributed by atoms with E-state index in [2.05, 4.69) is 42.4 Å². The van der Waals surface area contributed by atoms with Crippen molar-refractivity contribution >= 4 is 11.8 Å². The summed E-state index contributed by atoms with van der Waals surface area (Å²) in [6, 6.07) is 7.88. The Labute approximate surface area is 132 Å². The molecule has 1 heterocycles. The molecule has 21 heavy (non-hydrogen) atoms. The molecule has 2 rings (SSSR count). The molecule has 2 N–H and O–H groups in total. The molecule has 1 aliphatic heterocycles. The topological polar surface area (TPSA) is 38.5 Å². The van der Waals surface area contributed by atoms with Crippen molar-refractivity contribution in [3.63, 3.8) is 0 Å². The zero-order chi connectivity index (χ0) is 15.1. The lowest BCUT2D eigenvalue weighted by Gasteiger charge is -2.34. The summed E-state index contributed by atoms with van der Waals surface area (Å²) in [6.45, 7) is 9.04. The molecule has 3 nitrogen and oxygen atoms in total. The maximum absolute atomic E-state index is 5.82. The van der Waals surface area contributed by atoms with Crippen molar-refractivity contribution in [2.24, 2.45) is 5.73 Å². The average molecular weight is 304 g/mol. The normalized spacial score (nSPS) is 22.4. The van der Waals surface area contributed by atoms with Gasteiger partial charge < -0.3 is 10.5 Å². The predicted octanol–water partition coefficient (Wildman–Crippen LogP) is 2.20. The van der Waals surface area contributed by atoms with Crippen molar-refractivity contribution in [2.75, 3.05) is 32.8 Å². The SMILES string of the molecule is CC1CN(CCOc2ccc(C#CCN)cc2)CC(C)S1. The predicted molar refractivity (Wildman–Crippen MR) is 90.8 cm³/mol. The quantitative estimate of drug-likeness (QED) is 0.866. The minimum absolute atomic E-state index is 0.392. The van der Waals surface area contributed by atoms with Crippen LogP contribution in [0.4, 0.5) is 0 Å². The van der Waals surface area contributed by atoms with Crippen molar-refractivity contribution in [1.82, 2.24) is 4.90 Å². The van der Waals surface area contributed by atoms with E-state index in [1.165, 1.54) is 0 Å². The molecule has 0 spiro atoms. The zero-order valence-electron chi connectivity index (χ0n) is 12.8. The Balaban J connectivity index is 1.75. The van der Waals surface area contributed by atoms with Gasteiger partial charge in [-0.15, -0.1) is 0 Å². The molecule has 0 aliphatic carbocycles. The average Bonchev–Trinajstić information content (AvgIpc) is 2.45. The Hall–Kier alpha value is -1.15. The van der Waals surface area contributed by atoms with Gasteiger partial charge in [0, 0.05) is 35.7 Å². The number of hydrogen-bond donors (Lipinski definition) is 1. The van der Waals surface area contributed by atoms with Gasteiger partial charge in [-0.25, -0.2) is 0 Å². The second-order valence-corrected chi connectivity index (χ2v) is 7.28. The molecule has 0 saturated carbocycles. The molecular formula is C17H24N2OS. The van der Waals surface area contributed by atoms with Crippen LogP contribution in [0.3, 0.4) is 0 Å². The maximum Gasteiger partial charge on any atom is 0.119 e. The number of rotatable bonds is 4. The first-order chi connectivity index (χ1) is 10.2. The van der Waals surface area contributed by atoms with Crippen molar-refractivity contribution in [1.29, 1.82) is 0 Å². The van der Waals surface area contributed by atoms with E-state index in [0.29, 0.717) is 17.0 Å². The smallest absolute Gasteiger partial charge is 0.119 e. The monoisotopic (exact) mass is 304 g/mol. The molecular weight excluding hydrogens is 280 g/mol. The fraction of sp³-hybridized carbons (Fsp3) is 0.529. The molecule has 2 unspecified atom stereocenters. The Morgan fingerprint density at radius 2 is 1.90 bits per heavy atom. The Bertz CT molecular complexity index is 482. The summed E-state index contributed by atoms with van der Waals surface area (Å²) in [6.07, 6.45) is 0. The highest BCUT2D eigenvalue weighted by Crippen LogP contribution is 2.24. The number of benzene rings is 1. The second-order valence-electron chi connectivity index (χ2n) is 5.40. The number of nitrogens with two attached hydrogens (primary N) is 1. The summed E-state index contributed by atoms with van der Waals surface area (Å²) in [4.78, 5) is 2.49. The first-order valence-electron chi connectivity index (χ1n) is 7.47. The summed E-state index contributed by atoms with van der Waals surface area (Å²) < 4.78 is 5.82. The first-order valence-corrected chi connectivity index (χ1v) is 8.41.